The van der Waals surface area contributed by atoms with Crippen LogP contribution in [0.4, 0.5) is 5.69 Å². The van der Waals surface area contributed by atoms with Crippen molar-refractivity contribution in [1.82, 2.24) is 9.97 Å². The van der Waals surface area contributed by atoms with Crippen LogP contribution in [0.5, 0.6) is 5.88 Å². The van der Waals surface area contributed by atoms with Gasteiger partial charge in [0.1, 0.15) is 17.6 Å². The van der Waals surface area contributed by atoms with Crippen LogP contribution in [0.2, 0.25) is 5.04 Å². The van der Waals surface area contributed by atoms with Gasteiger partial charge in [-0.3, -0.25) is 4.79 Å². The predicted octanol–water partition coefficient (Wildman–Crippen LogP) is 6.61. The lowest BCUT2D eigenvalue weighted by Gasteiger charge is -2.43. The van der Waals surface area contributed by atoms with Gasteiger partial charge in [0.2, 0.25) is 5.88 Å². The second-order valence-electron chi connectivity index (χ2n) is 14.9. The van der Waals surface area contributed by atoms with Gasteiger partial charge in [-0.2, -0.15) is 4.98 Å². The number of rotatable bonds is 10. The third kappa shape index (κ3) is 6.97. The van der Waals surface area contributed by atoms with Gasteiger partial charge in [-0.05, 0) is 81.6 Å². The highest BCUT2D eigenvalue weighted by Gasteiger charge is 2.51. The van der Waals surface area contributed by atoms with Crippen LogP contribution in [0, 0.1) is 31.1 Å². The lowest BCUT2D eigenvalue weighted by Crippen LogP contribution is -2.66. The lowest BCUT2D eigenvalue weighted by molar-refractivity contribution is -0.153. The number of fused-ring (bicyclic) bond motifs is 2. The molecule has 8 heteroatoms. The second kappa shape index (κ2) is 13.2. The van der Waals surface area contributed by atoms with Gasteiger partial charge in [0.05, 0.1) is 23.8 Å². The molecule has 2 heterocycles. The molecule has 0 spiro atoms. The highest BCUT2D eigenvalue weighted by atomic mass is 28.4. The minimum atomic E-state index is -2.58. The smallest absolute Gasteiger partial charge is 0.311 e. The van der Waals surface area contributed by atoms with Crippen molar-refractivity contribution in [3.63, 3.8) is 0 Å². The first-order chi connectivity index (χ1) is 21.3. The summed E-state index contributed by atoms with van der Waals surface area (Å²) in [7, 11) is -2.58. The zero-order valence-electron chi connectivity index (χ0n) is 28.4. The summed E-state index contributed by atoms with van der Waals surface area (Å²) in [5.41, 5.74) is 1.29. The van der Waals surface area contributed by atoms with Crippen LogP contribution in [0.1, 0.15) is 78.7 Å². The number of nitrogens with one attached hydrogen (secondary N) is 1. The molecule has 3 aromatic rings. The molecule has 1 aliphatic carbocycles. The van der Waals surface area contributed by atoms with E-state index in [1.807, 2.05) is 34.6 Å². The van der Waals surface area contributed by atoms with Crippen LogP contribution in [-0.4, -0.2) is 49.6 Å². The molecule has 5 rings (SSSR count). The SMILES string of the molecule is Cc1nc(C)c2c(n1)O[C@@H]1[C@@H](CCOC(=O)C(C)(C)C)C[C@H](CCCO[Si](c3ccccc3)(c3ccccc3)C(C)(C)C)[C@@H]1N2. The molecule has 0 bridgehead atoms. The summed E-state index contributed by atoms with van der Waals surface area (Å²) in [4.78, 5) is 21.7. The van der Waals surface area contributed by atoms with Crippen molar-refractivity contribution in [3.05, 3.63) is 72.2 Å². The van der Waals surface area contributed by atoms with Crippen molar-refractivity contribution in [1.29, 1.82) is 0 Å². The Morgan fingerprint density at radius 1 is 0.889 bits per heavy atom. The number of nitrogens with zero attached hydrogens (tertiary/aromatic N) is 2. The molecule has 1 saturated carbocycles. The number of hydrogen-bond donors (Lipinski definition) is 1. The molecule has 0 radical (unpaired) electrons. The Hall–Kier alpha value is -3.23. The number of hydrogen-bond acceptors (Lipinski definition) is 7. The van der Waals surface area contributed by atoms with Crippen molar-refractivity contribution < 1.29 is 18.7 Å². The van der Waals surface area contributed by atoms with E-state index in [4.69, 9.17) is 13.9 Å². The average Bonchev–Trinajstić information content (AvgIpc) is 3.32. The number of esters is 1. The number of carbonyl (C=O) groups is 1. The zero-order valence-corrected chi connectivity index (χ0v) is 29.4. The van der Waals surface area contributed by atoms with Crippen molar-refractivity contribution in [2.75, 3.05) is 18.5 Å². The van der Waals surface area contributed by atoms with E-state index in [9.17, 15) is 4.79 Å². The van der Waals surface area contributed by atoms with Crippen molar-refractivity contribution in [3.8, 4) is 5.88 Å². The van der Waals surface area contributed by atoms with Crippen molar-refractivity contribution in [2.24, 2.45) is 17.3 Å². The standard InChI is InChI=1S/C37H51N3O4Si/c1-25-31-34(39-26(2)38-25)44-33-28(21-23-42-35(41)36(3,4)5)24-27(32(33)40-31)16-15-22-43-45(37(6,7)8,29-17-11-9-12-18-29)30-19-13-10-14-20-30/h9-14,17-20,27-28,32-33,40H,15-16,21-24H2,1-8H3/t27-,28-,32-,33+/m0/s1. The van der Waals surface area contributed by atoms with E-state index in [0.717, 1.165) is 37.1 Å². The van der Waals surface area contributed by atoms with Gasteiger partial charge in [-0.25, -0.2) is 4.98 Å². The molecule has 1 aromatic heterocycles. The molecule has 0 saturated heterocycles. The van der Waals surface area contributed by atoms with Gasteiger partial charge in [0.15, 0.2) is 0 Å². The molecule has 242 valence electrons. The van der Waals surface area contributed by atoms with E-state index < -0.39 is 13.7 Å². The van der Waals surface area contributed by atoms with E-state index in [1.165, 1.54) is 10.4 Å². The van der Waals surface area contributed by atoms with Crippen LogP contribution in [0.15, 0.2) is 60.7 Å². The monoisotopic (exact) mass is 629 g/mol. The Balaban J connectivity index is 1.33. The fourth-order valence-corrected chi connectivity index (χ4v) is 11.9. The molecule has 1 N–H and O–H groups in total. The third-order valence-corrected chi connectivity index (χ3v) is 14.5. The van der Waals surface area contributed by atoms with Crippen LogP contribution >= 0.6 is 0 Å². The van der Waals surface area contributed by atoms with Gasteiger partial charge >= 0.3 is 5.97 Å². The van der Waals surface area contributed by atoms with Crippen LogP contribution in [-0.2, 0) is 14.0 Å². The van der Waals surface area contributed by atoms with E-state index >= 15 is 0 Å². The summed E-state index contributed by atoms with van der Waals surface area (Å²) >= 11 is 0. The molecule has 0 unspecified atom stereocenters. The van der Waals surface area contributed by atoms with Gasteiger partial charge in [0, 0.05) is 12.5 Å². The van der Waals surface area contributed by atoms with Crippen LogP contribution in [0.25, 0.3) is 0 Å². The van der Waals surface area contributed by atoms with Gasteiger partial charge in [0.25, 0.3) is 8.32 Å². The first-order valence-electron chi connectivity index (χ1n) is 16.5. The highest BCUT2D eigenvalue weighted by Crippen LogP contribution is 2.45. The molecule has 1 fully saturated rings. The maximum Gasteiger partial charge on any atom is 0.311 e. The number of aryl methyl sites for hydroxylation is 2. The summed E-state index contributed by atoms with van der Waals surface area (Å²) < 4.78 is 19.5. The quantitative estimate of drug-likeness (QED) is 0.154. The van der Waals surface area contributed by atoms with Gasteiger partial charge in [-0.15, -0.1) is 0 Å². The molecular formula is C37H51N3O4Si. The first kappa shape index (κ1) is 33.1. The fraction of sp³-hybridized carbons (Fsp3) is 0.541. The first-order valence-corrected chi connectivity index (χ1v) is 18.4. The van der Waals surface area contributed by atoms with E-state index in [0.29, 0.717) is 30.8 Å². The Morgan fingerprint density at radius 2 is 1.51 bits per heavy atom. The number of aromatic nitrogens is 2. The Bertz CT molecular complexity index is 1410. The highest BCUT2D eigenvalue weighted by molar-refractivity contribution is 6.99. The largest absolute Gasteiger partial charge is 0.470 e. The molecule has 0 amide bonds. The number of ether oxygens (including phenoxy) is 2. The van der Waals surface area contributed by atoms with E-state index in [2.05, 4.69) is 96.7 Å². The molecule has 4 atom stereocenters. The van der Waals surface area contributed by atoms with Crippen LogP contribution in [0.3, 0.4) is 0 Å². The number of anilines is 1. The van der Waals surface area contributed by atoms with Gasteiger partial charge in [-0.1, -0.05) is 81.4 Å². The number of benzene rings is 2. The maximum atomic E-state index is 12.5. The second-order valence-corrected chi connectivity index (χ2v) is 19.2. The zero-order chi connectivity index (χ0) is 32.4. The number of carbonyl (C=O) groups excluding carboxylic acids is 1. The van der Waals surface area contributed by atoms with Crippen molar-refractivity contribution in [2.45, 2.75) is 98.3 Å². The summed E-state index contributed by atoms with van der Waals surface area (Å²) in [6.07, 6.45) is 3.67. The molecule has 2 aromatic carbocycles. The maximum absolute atomic E-state index is 12.5. The molecular weight excluding hydrogens is 579 g/mol. The average molecular weight is 630 g/mol. The Morgan fingerprint density at radius 3 is 2.09 bits per heavy atom. The summed E-state index contributed by atoms with van der Waals surface area (Å²) in [6, 6.07) is 21.8. The summed E-state index contributed by atoms with van der Waals surface area (Å²) in [5, 5.41) is 6.36. The Kier molecular flexibility index (Phi) is 9.75. The topological polar surface area (TPSA) is 82.6 Å². The Labute approximate surface area is 270 Å². The van der Waals surface area contributed by atoms with E-state index in [-0.39, 0.29) is 29.1 Å². The molecule has 2 aliphatic rings. The third-order valence-electron chi connectivity index (χ3n) is 9.45. The fourth-order valence-electron chi connectivity index (χ4n) is 7.26. The van der Waals surface area contributed by atoms with Crippen LogP contribution < -0.4 is 20.4 Å². The summed E-state index contributed by atoms with van der Waals surface area (Å²) in [5.74, 6) is 1.81. The normalized spacial score (nSPS) is 21.3. The lowest BCUT2D eigenvalue weighted by atomic mass is 9.96. The summed E-state index contributed by atoms with van der Waals surface area (Å²) in [6.45, 7) is 17.6. The minimum Gasteiger partial charge on any atom is -0.470 e. The van der Waals surface area contributed by atoms with Gasteiger partial charge < -0.3 is 19.2 Å². The van der Waals surface area contributed by atoms with Crippen molar-refractivity contribution >= 4 is 30.3 Å². The molecule has 45 heavy (non-hydrogen) atoms. The molecule has 7 nitrogen and oxygen atoms in total. The molecule has 1 aliphatic heterocycles. The predicted molar refractivity (Wildman–Crippen MR) is 183 cm³/mol. The minimum absolute atomic E-state index is 0.0397. The van der Waals surface area contributed by atoms with E-state index in [1.54, 1.807) is 0 Å².